The molecule has 0 aliphatic heterocycles. The zero-order valence-corrected chi connectivity index (χ0v) is 18.1. The van der Waals surface area contributed by atoms with Crippen molar-refractivity contribution in [1.29, 1.82) is 0 Å². The Hall–Kier alpha value is -2.59. The molecule has 0 aliphatic rings. The molecule has 0 saturated heterocycles. The maximum absolute atomic E-state index is 12.4. The van der Waals surface area contributed by atoms with E-state index in [1.54, 1.807) is 11.3 Å². The summed E-state index contributed by atoms with van der Waals surface area (Å²) in [5.74, 6) is 0.0284. The minimum absolute atomic E-state index is 0.0284. The minimum Gasteiger partial charge on any atom is -0.479 e. The summed E-state index contributed by atoms with van der Waals surface area (Å²) in [6.07, 6.45) is 3.75. The van der Waals surface area contributed by atoms with Crippen molar-refractivity contribution in [2.24, 2.45) is 0 Å². The van der Waals surface area contributed by atoms with Crippen molar-refractivity contribution in [3.63, 3.8) is 0 Å². The van der Waals surface area contributed by atoms with Crippen LogP contribution in [0.3, 0.4) is 0 Å². The Bertz CT molecular complexity index is 918. The van der Waals surface area contributed by atoms with Crippen molar-refractivity contribution >= 4 is 17.2 Å². The molecule has 4 heteroatoms. The molecule has 152 valence electrons. The molecule has 3 nitrogen and oxygen atoms in total. The maximum atomic E-state index is 12.4. The van der Waals surface area contributed by atoms with Crippen LogP contribution < -0.4 is 10.1 Å². The molecule has 2 aromatic carbocycles. The van der Waals surface area contributed by atoms with Crippen LogP contribution >= 0.6 is 11.3 Å². The second-order valence-corrected chi connectivity index (χ2v) is 8.43. The molecule has 1 N–H and O–H groups in total. The number of thiophene rings is 1. The number of hydrogen-bond donors (Lipinski definition) is 1. The molecule has 0 atom stereocenters. The first-order valence-electron chi connectivity index (χ1n) is 10.3. The summed E-state index contributed by atoms with van der Waals surface area (Å²) >= 11 is 1.71. The highest BCUT2D eigenvalue weighted by molar-refractivity contribution is 7.13. The number of carbonyl (C=O) groups excluding carboxylic acids is 1. The number of hydrogen-bond acceptors (Lipinski definition) is 3. The zero-order chi connectivity index (χ0) is 20.5. The third kappa shape index (κ3) is 6.20. The second-order valence-electron chi connectivity index (χ2n) is 7.21. The summed E-state index contributed by atoms with van der Waals surface area (Å²) in [6, 6.07) is 20.4. The Balaban J connectivity index is 1.59. The van der Waals surface area contributed by atoms with Gasteiger partial charge in [0.2, 0.25) is 0 Å². The van der Waals surface area contributed by atoms with Gasteiger partial charge in [-0.2, -0.15) is 0 Å². The normalized spacial score (nSPS) is 10.7. The summed E-state index contributed by atoms with van der Waals surface area (Å²) in [5.41, 5.74) is 4.34. The van der Waals surface area contributed by atoms with Crippen LogP contribution in [0, 0.1) is 6.92 Å². The monoisotopic (exact) mass is 407 g/mol. The molecule has 29 heavy (non-hydrogen) atoms. The minimum atomic E-state index is 0.0284. The molecule has 3 aromatic rings. The zero-order valence-electron chi connectivity index (χ0n) is 17.2. The van der Waals surface area contributed by atoms with Crippen LogP contribution in [0.5, 0.6) is 5.06 Å². The quantitative estimate of drug-likeness (QED) is 0.451. The van der Waals surface area contributed by atoms with E-state index < -0.39 is 0 Å². The van der Waals surface area contributed by atoms with Crippen LogP contribution in [0.2, 0.25) is 0 Å². The fourth-order valence-corrected chi connectivity index (χ4v) is 4.23. The Morgan fingerprint density at radius 3 is 2.52 bits per heavy atom. The molecule has 3 rings (SSSR count). The molecule has 0 bridgehead atoms. The number of benzene rings is 2. The predicted molar refractivity (Wildman–Crippen MR) is 121 cm³/mol. The molecule has 0 spiro atoms. The van der Waals surface area contributed by atoms with Gasteiger partial charge in [0.1, 0.15) is 6.61 Å². The highest BCUT2D eigenvalue weighted by Crippen LogP contribution is 2.32. The van der Waals surface area contributed by atoms with E-state index >= 15 is 0 Å². The average Bonchev–Trinajstić information content (AvgIpc) is 3.11. The lowest BCUT2D eigenvalue weighted by molar-refractivity contribution is 0.0952. The first-order valence-corrected chi connectivity index (χ1v) is 11.1. The van der Waals surface area contributed by atoms with Gasteiger partial charge in [-0.25, -0.2) is 0 Å². The first kappa shape index (κ1) is 21.1. The summed E-state index contributed by atoms with van der Waals surface area (Å²) in [6.45, 7) is 5.49. The first-order chi connectivity index (χ1) is 14.2. The number of ether oxygens (including phenoxy) is 1. The maximum Gasteiger partial charge on any atom is 0.251 e. The van der Waals surface area contributed by atoms with E-state index in [4.69, 9.17) is 4.74 Å². The highest BCUT2D eigenvalue weighted by Gasteiger charge is 2.12. The molecule has 0 saturated carbocycles. The van der Waals surface area contributed by atoms with Gasteiger partial charge in [0, 0.05) is 22.5 Å². The van der Waals surface area contributed by atoms with E-state index in [-0.39, 0.29) is 5.91 Å². The molecule has 1 heterocycles. The van der Waals surface area contributed by atoms with E-state index in [0.29, 0.717) is 13.2 Å². The summed E-state index contributed by atoms with van der Waals surface area (Å²) in [4.78, 5) is 13.7. The van der Waals surface area contributed by atoms with Crippen LogP contribution in [-0.2, 0) is 19.4 Å². The molecule has 0 fully saturated rings. The van der Waals surface area contributed by atoms with Crippen molar-refractivity contribution < 1.29 is 9.53 Å². The standard InChI is InChI=1S/C25H29NO2S/c1-3-16-26-24(27)23-15-8-7-12-21(23)13-9-14-22-17-19(2)29-25(22)28-18-20-10-5-4-6-11-20/h4-8,10-12,15,17H,3,9,13-14,16,18H2,1-2H3,(H,26,27). The third-order valence-corrected chi connectivity index (χ3v) is 5.80. The van der Waals surface area contributed by atoms with Gasteiger partial charge in [0.15, 0.2) is 5.06 Å². The summed E-state index contributed by atoms with van der Waals surface area (Å²) in [5, 5.41) is 4.00. The SMILES string of the molecule is CCCNC(=O)c1ccccc1CCCc1cc(C)sc1OCc1ccccc1. The van der Waals surface area contributed by atoms with E-state index in [1.165, 1.54) is 16.0 Å². The smallest absolute Gasteiger partial charge is 0.251 e. The highest BCUT2D eigenvalue weighted by atomic mass is 32.1. The lowest BCUT2D eigenvalue weighted by Gasteiger charge is -2.10. The molecule has 0 radical (unpaired) electrons. The number of rotatable bonds is 10. The molecular formula is C25H29NO2S. The van der Waals surface area contributed by atoms with Crippen LogP contribution in [0.1, 0.15) is 51.7 Å². The number of amides is 1. The van der Waals surface area contributed by atoms with Gasteiger partial charge in [-0.3, -0.25) is 4.79 Å². The molecule has 1 amide bonds. The fraction of sp³-hybridized carbons (Fsp3) is 0.320. The lowest BCUT2D eigenvalue weighted by Crippen LogP contribution is -2.25. The third-order valence-electron chi connectivity index (χ3n) is 4.80. The summed E-state index contributed by atoms with van der Waals surface area (Å²) < 4.78 is 6.11. The van der Waals surface area contributed by atoms with Crippen molar-refractivity contribution in [2.75, 3.05) is 6.54 Å². The van der Waals surface area contributed by atoms with Gasteiger partial charge in [-0.1, -0.05) is 55.5 Å². The molecule has 1 aromatic heterocycles. The van der Waals surface area contributed by atoms with Crippen LogP contribution in [0.15, 0.2) is 60.7 Å². The van der Waals surface area contributed by atoms with Gasteiger partial charge in [0.05, 0.1) is 0 Å². The molecule has 0 aliphatic carbocycles. The Kier molecular flexibility index (Phi) is 7.88. The van der Waals surface area contributed by atoms with Gasteiger partial charge in [-0.05, 0) is 55.9 Å². The van der Waals surface area contributed by atoms with Gasteiger partial charge < -0.3 is 10.1 Å². The Labute approximate surface area is 177 Å². The topological polar surface area (TPSA) is 38.3 Å². The van der Waals surface area contributed by atoms with Crippen molar-refractivity contribution in [3.05, 3.63) is 87.8 Å². The lowest BCUT2D eigenvalue weighted by atomic mass is 10.00. The van der Waals surface area contributed by atoms with Crippen molar-refractivity contribution in [1.82, 2.24) is 5.32 Å². The number of carbonyl (C=O) groups is 1. The van der Waals surface area contributed by atoms with Gasteiger partial charge in [-0.15, -0.1) is 11.3 Å². The van der Waals surface area contributed by atoms with Crippen LogP contribution in [-0.4, -0.2) is 12.5 Å². The molecular weight excluding hydrogens is 378 g/mol. The number of aryl methyl sites for hydroxylation is 3. The van der Waals surface area contributed by atoms with E-state index in [0.717, 1.165) is 41.9 Å². The second kappa shape index (κ2) is 10.8. The largest absolute Gasteiger partial charge is 0.479 e. The summed E-state index contributed by atoms with van der Waals surface area (Å²) in [7, 11) is 0. The van der Waals surface area contributed by atoms with E-state index in [2.05, 4.69) is 43.4 Å². The van der Waals surface area contributed by atoms with Crippen LogP contribution in [0.4, 0.5) is 0 Å². The molecule has 0 unspecified atom stereocenters. The van der Waals surface area contributed by atoms with E-state index in [1.807, 2.05) is 36.4 Å². The van der Waals surface area contributed by atoms with Crippen LogP contribution in [0.25, 0.3) is 0 Å². The van der Waals surface area contributed by atoms with Gasteiger partial charge in [0.25, 0.3) is 5.91 Å². The number of nitrogens with one attached hydrogen (secondary N) is 1. The van der Waals surface area contributed by atoms with Crippen molar-refractivity contribution in [3.8, 4) is 5.06 Å². The Morgan fingerprint density at radius 2 is 1.72 bits per heavy atom. The fourth-order valence-electron chi connectivity index (χ4n) is 3.33. The van der Waals surface area contributed by atoms with Gasteiger partial charge >= 0.3 is 0 Å². The van der Waals surface area contributed by atoms with Crippen molar-refractivity contribution in [2.45, 2.75) is 46.1 Å². The van der Waals surface area contributed by atoms with E-state index in [9.17, 15) is 4.79 Å². The Morgan fingerprint density at radius 1 is 1.00 bits per heavy atom. The predicted octanol–water partition coefficient (Wildman–Crippen LogP) is 5.95. The average molecular weight is 408 g/mol.